The summed E-state index contributed by atoms with van der Waals surface area (Å²) in [4.78, 5) is 15.2. The van der Waals surface area contributed by atoms with Crippen LogP contribution in [0.2, 0.25) is 0 Å². The average Bonchev–Trinajstić information content (AvgIpc) is 2.61. The van der Waals surface area contributed by atoms with E-state index in [0.717, 1.165) is 43.9 Å². The van der Waals surface area contributed by atoms with Crippen molar-refractivity contribution in [2.24, 2.45) is 0 Å². The summed E-state index contributed by atoms with van der Waals surface area (Å²) >= 11 is 1.57. The van der Waals surface area contributed by atoms with Crippen LogP contribution in [0, 0.1) is 0 Å². The van der Waals surface area contributed by atoms with Gasteiger partial charge in [0.25, 0.3) is 5.91 Å². The largest absolute Gasteiger partial charge is 0.337 e. The Labute approximate surface area is 113 Å². The molecule has 1 aliphatic rings. The summed E-state index contributed by atoms with van der Waals surface area (Å²) in [6.45, 7) is 5.75. The lowest BCUT2D eigenvalue weighted by Crippen LogP contribution is -2.34. The number of halogens is 1. The second-order valence-electron chi connectivity index (χ2n) is 4.02. The van der Waals surface area contributed by atoms with E-state index < -0.39 is 0 Å². The van der Waals surface area contributed by atoms with Gasteiger partial charge in [0, 0.05) is 19.6 Å². The summed E-state index contributed by atoms with van der Waals surface area (Å²) in [5.41, 5.74) is 1.19. The highest BCUT2D eigenvalue weighted by Crippen LogP contribution is 2.19. The number of nitrogens with one attached hydrogen (secondary N) is 1. The van der Waals surface area contributed by atoms with Crippen LogP contribution in [-0.4, -0.2) is 37.0 Å². The molecule has 0 radical (unpaired) electrons. The van der Waals surface area contributed by atoms with Crippen molar-refractivity contribution in [3.05, 3.63) is 21.9 Å². The second-order valence-corrected chi connectivity index (χ2v) is 4.94. The van der Waals surface area contributed by atoms with Crippen LogP contribution in [0.5, 0.6) is 0 Å². The number of amides is 1. The van der Waals surface area contributed by atoms with Crippen molar-refractivity contribution in [2.75, 3.05) is 26.2 Å². The molecule has 0 saturated carbocycles. The SMILES string of the molecule is CCc1ccsc1C(=O)N1CCCNCC1.Cl. The molecule has 3 nitrogen and oxygen atoms in total. The Morgan fingerprint density at radius 1 is 1.47 bits per heavy atom. The fourth-order valence-electron chi connectivity index (χ4n) is 1.99. The molecule has 0 aliphatic carbocycles. The third-order valence-corrected chi connectivity index (χ3v) is 3.89. The summed E-state index contributed by atoms with van der Waals surface area (Å²) in [7, 11) is 0. The lowest BCUT2D eigenvalue weighted by Gasteiger charge is -2.19. The van der Waals surface area contributed by atoms with E-state index in [1.54, 1.807) is 11.3 Å². The van der Waals surface area contributed by atoms with E-state index in [2.05, 4.69) is 18.3 Å². The van der Waals surface area contributed by atoms with E-state index >= 15 is 0 Å². The Hall–Kier alpha value is -0.580. The van der Waals surface area contributed by atoms with Gasteiger partial charge in [-0.2, -0.15) is 0 Å². The quantitative estimate of drug-likeness (QED) is 0.896. The van der Waals surface area contributed by atoms with Gasteiger partial charge in [-0.1, -0.05) is 6.92 Å². The molecule has 0 unspecified atom stereocenters. The number of hydrogen-bond acceptors (Lipinski definition) is 3. The summed E-state index contributed by atoms with van der Waals surface area (Å²) in [6, 6.07) is 2.06. The topological polar surface area (TPSA) is 32.3 Å². The van der Waals surface area contributed by atoms with Gasteiger partial charge in [-0.3, -0.25) is 4.79 Å². The van der Waals surface area contributed by atoms with E-state index in [4.69, 9.17) is 0 Å². The minimum Gasteiger partial charge on any atom is -0.337 e. The summed E-state index contributed by atoms with van der Waals surface area (Å²) in [6.07, 6.45) is 2.00. The van der Waals surface area contributed by atoms with Crippen molar-refractivity contribution in [3.8, 4) is 0 Å². The number of nitrogens with zero attached hydrogens (tertiary/aromatic N) is 1. The third kappa shape index (κ3) is 3.44. The lowest BCUT2D eigenvalue weighted by atomic mass is 10.2. The highest BCUT2D eigenvalue weighted by molar-refractivity contribution is 7.12. The van der Waals surface area contributed by atoms with Gasteiger partial charge >= 0.3 is 0 Å². The zero-order chi connectivity index (χ0) is 11.4. The molecule has 1 saturated heterocycles. The van der Waals surface area contributed by atoms with Crippen molar-refractivity contribution in [1.29, 1.82) is 0 Å². The Morgan fingerprint density at radius 3 is 3.06 bits per heavy atom. The molecule has 1 aliphatic heterocycles. The van der Waals surface area contributed by atoms with Crippen LogP contribution in [-0.2, 0) is 6.42 Å². The van der Waals surface area contributed by atoms with Crippen LogP contribution in [0.4, 0.5) is 0 Å². The van der Waals surface area contributed by atoms with Crippen molar-refractivity contribution in [1.82, 2.24) is 10.2 Å². The highest BCUT2D eigenvalue weighted by atomic mass is 35.5. The maximum Gasteiger partial charge on any atom is 0.264 e. The smallest absolute Gasteiger partial charge is 0.264 e. The first kappa shape index (κ1) is 14.5. The van der Waals surface area contributed by atoms with E-state index in [1.165, 1.54) is 5.56 Å². The number of carbonyl (C=O) groups is 1. The molecule has 1 aromatic heterocycles. The predicted octanol–water partition coefficient (Wildman–Crippen LogP) is 2.17. The molecule has 1 aromatic rings. The normalized spacial score (nSPS) is 16.2. The molecule has 1 N–H and O–H groups in total. The molecular formula is C12H19ClN2OS. The first-order valence-corrected chi connectivity index (χ1v) is 6.77. The van der Waals surface area contributed by atoms with Crippen LogP contribution in [0.3, 0.4) is 0 Å². The Morgan fingerprint density at radius 2 is 2.29 bits per heavy atom. The number of hydrogen-bond donors (Lipinski definition) is 1. The predicted molar refractivity (Wildman–Crippen MR) is 74.3 cm³/mol. The molecule has 0 bridgehead atoms. The van der Waals surface area contributed by atoms with E-state index in [0.29, 0.717) is 0 Å². The van der Waals surface area contributed by atoms with Crippen molar-refractivity contribution >= 4 is 29.7 Å². The van der Waals surface area contributed by atoms with Gasteiger partial charge in [0.1, 0.15) is 0 Å². The number of rotatable bonds is 2. The number of aryl methyl sites for hydroxylation is 1. The zero-order valence-electron chi connectivity index (χ0n) is 10.1. The Kier molecular flexibility index (Phi) is 5.95. The summed E-state index contributed by atoms with van der Waals surface area (Å²) in [5, 5.41) is 5.33. The number of carbonyl (C=O) groups excluding carboxylic acids is 1. The van der Waals surface area contributed by atoms with Crippen LogP contribution >= 0.6 is 23.7 Å². The average molecular weight is 275 g/mol. The van der Waals surface area contributed by atoms with Crippen molar-refractivity contribution in [2.45, 2.75) is 19.8 Å². The zero-order valence-corrected chi connectivity index (χ0v) is 11.7. The van der Waals surface area contributed by atoms with Gasteiger partial charge in [-0.05, 0) is 36.4 Å². The van der Waals surface area contributed by atoms with E-state index in [-0.39, 0.29) is 18.3 Å². The first-order valence-electron chi connectivity index (χ1n) is 5.89. The minimum atomic E-state index is 0. The standard InChI is InChI=1S/C12H18N2OS.ClH/c1-2-10-4-9-16-11(10)12(15)14-7-3-5-13-6-8-14;/h4,9,13H,2-3,5-8H2,1H3;1H. The van der Waals surface area contributed by atoms with Gasteiger partial charge in [-0.15, -0.1) is 23.7 Å². The number of thiophene rings is 1. The fourth-order valence-corrected chi connectivity index (χ4v) is 2.96. The molecule has 5 heteroatoms. The molecular weight excluding hydrogens is 256 g/mol. The summed E-state index contributed by atoms with van der Waals surface area (Å²) < 4.78 is 0. The van der Waals surface area contributed by atoms with Crippen LogP contribution in [0.25, 0.3) is 0 Å². The highest BCUT2D eigenvalue weighted by Gasteiger charge is 2.20. The molecule has 1 fully saturated rings. The Balaban J connectivity index is 0.00000144. The van der Waals surface area contributed by atoms with Crippen molar-refractivity contribution in [3.63, 3.8) is 0 Å². The molecule has 0 aromatic carbocycles. The van der Waals surface area contributed by atoms with Gasteiger partial charge in [-0.25, -0.2) is 0 Å². The maximum absolute atomic E-state index is 12.3. The monoisotopic (exact) mass is 274 g/mol. The second kappa shape index (κ2) is 6.99. The fraction of sp³-hybridized carbons (Fsp3) is 0.583. The Bertz CT molecular complexity index is 359. The van der Waals surface area contributed by atoms with Gasteiger partial charge < -0.3 is 10.2 Å². The molecule has 2 heterocycles. The first-order chi connectivity index (χ1) is 7.83. The van der Waals surface area contributed by atoms with Gasteiger partial charge in [0.15, 0.2) is 0 Å². The molecule has 96 valence electrons. The van der Waals surface area contributed by atoms with Crippen LogP contribution in [0.15, 0.2) is 11.4 Å². The van der Waals surface area contributed by atoms with Gasteiger partial charge in [0.2, 0.25) is 0 Å². The van der Waals surface area contributed by atoms with Crippen LogP contribution < -0.4 is 5.32 Å². The van der Waals surface area contributed by atoms with Crippen molar-refractivity contribution < 1.29 is 4.79 Å². The summed E-state index contributed by atoms with van der Waals surface area (Å²) in [5.74, 6) is 0.218. The lowest BCUT2D eigenvalue weighted by molar-refractivity contribution is 0.0770. The maximum atomic E-state index is 12.3. The molecule has 0 atom stereocenters. The van der Waals surface area contributed by atoms with Gasteiger partial charge in [0.05, 0.1) is 4.88 Å². The van der Waals surface area contributed by atoms with E-state index in [9.17, 15) is 4.79 Å². The molecule has 1 amide bonds. The minimum absolute atomic E-state index is 0. The van der Waals surface area contributed by atoms with Crippen LogP contribution in [0.1, 0.15) is 28.6 Å². The molecule has 0 spiro atoms. The molecule has 2 rings (SSSR count). The molecule has 17 heavy (non-hydrogen) atoms. The third-order valence-electron chi connectivity index (χ3n) is 2.95. The van der Waals surface area contributed by atoms with E-state index in [1.807, 2.05) is 10.3 Å².